The Labute approximate surface area is 196 Å². The molecule has 10 heteroatoms. The lowest BCUT2D eigenvalue weighted by Crippen LogP contribution is -2.50. The van der Waals surface area contributed by atoms with Gasteiger partial charge in [0.05, 0.1) is 20.1 Å². The third-order valence-electron chi connectivity index (χ3n) is 5.57. The molecule has 1 unspecified atom stereocenters. The second-order valence-corrected chi connectivity index (χ2v) is 7.61. The second kappa shape index (κ2) is 11.3. The molecule has 2 atom stereocenters. The number of alkyl carbamates (subject to hydrolysis) is 1. The molecule has 3 N–H and O–H groups in total. The van der Waals surface area contributed by atoms with Crippen LogP contribution in [-0.2, 0) is 28.6 Å². The van der Waals surface area contributed by atoms with E-state index < -0.39 is 42.5 Å². The molecule has 0 radical (unpaired) electrons. The van der Waals surface area contributed by atoms with Crippen LogP contribution in [0.15, 0.2) is 48.5 Å². The molecule has 1 aliphatic carbocycles. The molecule has 0 saturated carbocycles. The molecule has 3 rings (SSSR count). The van der Waals surface area contributed by atoms with Crippen molar-refractivity contribution in [3.8, 4) is 11.1 Å². The van der Waals surface area contributed by atoms with Gasteiger partial charge in [0.15, 0.2) is 6.10 Å². The van der Waals surface area contributed by atoms with Gasteiger partial charge in [-0.05, 0) is 22.3 Å². The average Bonchev–Trinajstić information content (AvgIpc) is 3.16. The van der Waals surface area contributed by atoms with E-state index in [0.29, 0.717) is 0 Å². The highest BCUT2D eigenvalue weighted by atomic mass is 16.5. The van der Waals surface area contributed by atoms with Gasteiger partial charge in [0.2, 0.25) is 0 Å². The van der Waals surface area contributed by atoms with Crippen LogP contribution < -0.4 is 10.6 Å². The van der Waals surface area contributed by atoms with Gasteiger partial charge in [-0.15, -0.1) is 0 Å². The van der Waals surface area contributed by atoms with Crippen LogP contribution in [-0.4, -0.2) is 68.6 Å². The maximum absolute atomic E-state index is 12.4. The fraction of sp³-hybridized carbons (Fsp3) is 0.333. The van der Waals surface area contributed by atoms with Crippen molar-refractivity contribution in [2.24, 2.45) is 0 Å². The number of fused-ring (bicyclic) bond motifs is 3. The third kappa shape index (κ3) is 5.70. The van der Waals surface area contributed by atoms with Gasteiger partial charge in [-0.3, -0.25) is 9.59 Å². The van der Waals surface area contributed by atoms with Crippen LogP contribution in [0.4, 0.5) is 4.79 Å². The Balaban J connectivity index is 1.54. The molecule has 0 saturated heterocycles. The van der Waals surface area contributed by atoms with Gasteiger partial charge in [0.25, 0.3) is 5.91 Å². The van der Waals surface area contributed by atoms with Gasteiger partial charge >= 0.3 is 18.0 Å². The number of aliphatic carboxylic acids is 1. The lowest BCUT2D eigenvalue weighted by atomic mass is 9.98. The van der Waals surface area contributed by atoms with Crippen molar-refractivity contribution in [1.82, 2.24) is 10.6 Å². The van der Waals surface area contributed by atoms with Crippen LogP contribution in [0.3, 0.4) is 0 Å². The van der Waals surface area contributed by atoms with Crippen molar-refractivity contribution in [2.45, 2.75) is 24.5 Å². The minimum atomic E-state index is -1.49. The van der Waals surface area contributed by atoms with E-state index in [1.54, 1.807) is 0 Å². The highest BCUT2D eigenvalue weighted by molar-refractivity contribution is 5.89. The summed E-state index contributed by atoms with van der Waals surface area (Å²) in [5.74, 6) is -3.12. The summed E-state index contributed by atoms with van der Waals surface area (Å²) < 4.78 is 14.9. The highest BCUT2D eigenvalue weighted by Gasteiger charge is 2.30. The lowest BCUT2D eigenvalue weighted by molar-refractivity contribution is -0.149. The van der Waals surface area contributed by atoms with Crippen molar-refractivity contribution >= 4 is 23.9 Å². The summed E-state index contributed by atoms with van der Waals surface area (Å²) in [4.78, 5) is 47.3. The van der Waals surface area contributed by atoms with Crippen LogP contribution in [0, 0.1) is 0 Å². The number of ether oxygens (including phenoxy) is 3. The van der Waals surface area contributed by atoms with Crippen LogP contribution in [0.2, 0.25) is 0 Å². The maximum Gasteiger partial charge on any atom is 0.407 e. The number of amides is 2. The number of esters is 1. The summed E-state index contributed by atoms with van der Waals surface area (Å²) in [5.41, 5.74) is 4.33. The van der Waals surface area contributed by atoms with Crippen molar-refractivity contribution in [3.63, 3.8) is 0 Å². The van der Waals surface area contributed by atoms with E-state index in [1.165, 1.54) is 7.11 Å². The first kappa shape index (κ1) is 24.7. The Hall–Kier alpha value is -3.92. The zero-order chi connectivity index (χ0) is 24.7. The number of carbonyl (C=O) groups excluding carboxylic acids is 3. The molecule has 180 valence electrons. The van der Waals surface area contributed by atoms with E-state index in [0.717, 1.165) is 29.4 Å². The number of hydrogen-bond donors (Lipinski definition) is 3. The summed E-state index contributed by atoms with van der Waals surface area (Å²) in [5, 5.41) is 13.9. The Kier molecular flexibility index (Phi) is 8.20. The molecule has 0 aromatic heterocycles. The molecule has 1 aliphatic rings. The zero-order valence-corrected chi connectivity index (χ0v) is 18.8. The fourth-order valence-corrected chi connectivity index (χ4v) is 3.82. The molecule has 0 aliphatic heterocycles. The van der Waals surface area contributed by atoms with Crippen LogP contribution in [0.5, 0.6) is 0 Å². The molecule has 0 bridgehead atoms. The van der Waals surface area contributed by atoms with E-state index in [4.69, 9.17) is 9.47 Å². The summed E-state index contributed by atoms with van der Waals surface area (Å²) in [6, 6.07) is 14.4. The number of hydrogen-bond acceptors (Lipinski definition) is 7. The molecule has 2 aromatic rings. The summed E-state index contributed by atoms with van der Waals surface area (Å²) in [6.07, 6.45) is -2.49. The van der Waals surface area contributed by atoms with Crippen LogP contribution in [0.1, 0.15) is 23.5 Å². The molecule has 0 heterocycles. The zero-order valence-electron chi connectivity index (χ0n) is 18.8. The topological polar surface area (TPSA) is 140 Å². The lowest BCUT2D eigenvalue weighted by Gasteiger charge is -2.19. The predicted octanol–water partition coefficient (Wildman–Crippen LogP) is 1.67. The van der Waals surface area contributed by atoms with Crippen LogP contribution in [0.25, 0.3) is 11.1 Å². The first-order valence-corrected chi connectivity index (χ1v) is 10.6. The first-order valence-electron chi connectivity index (χ1n) is 10.6. The summed E-state index contributed by atoms with van der Waals surface area (Å²) >= 11 is 0. The minimum Gasteiger partial charge on any atom is -0.480 e. The van der Waals surface area contributed by atoms with E-state index in [9.17, 15) is 24.3 Å². The third-order valence-corrected chi connectivity index (χ3v) is 5.57. The van der Waals surface area contributed by atoms with Gasteiger partial charge < -0.3 is 30.0 Å². The van der Waals surface area contributed by atoms with Gasteiger partial charge in [0, 0.05) is 13.0 Å². The predicted molar refractivity (Wildman–Crippen MR) is 120 cm³/mol. The van der Waals surface area contributed by atoms with Gasteiger partial charge in [0.1, 0.15) is 12.6 Å². The molecule has 34 heavy (non-hydrogen) atoms. The SMILES string of the molecule is COC(=O)C[C@H](NC(=O)C(CNC(=O)OCC1c2ccccc2-c2ccccc21)OC)C(=O)O. The largest absolute Gasteiger partial charge is 0.480 e. The highest BCUT2D eigenvalue weighted by Crippen LogP contribution is 2.44. The molecule has 2 amide bonds. The van der Waals surface area contributed by atoms with Crippen molar-refractivity contribution in [2.75, 3.05) is 27.4 Å². The second-order valence-electron chi connectivity index (χ2n) is 7.61. The maximum atomic E-state index is 12.4. The normalized spacial score (nSPS) is 13.7. The minimum absolute atomic E-state index is 0.101. The monoisotopic (exact) mass is 470 g/mol. The molecule has 2 aromatic carbocycles. The van der Waals surface area contributed by atoms with E-state index >= 15 is 0 Å². The number of carboxylic acids is 1. The van der Waals surface area contributed by atoms with E-state index in [1.807, 2.05) is 48.5 Å². The number of methoxy groups -OCH3 is 2. The number of benzene rings is 2. The average molecular weight is 470 g/mol. The van der Waals surface area contributed by atoms with Gasteiger partial charge in [-0.1, -0.05) is 48.5 Å². The standard InChI is InChI=1S/C24H26N2O8/c1-32-20(22(28)26-19(23(29)30)11-21(27)33-2)12-25-24(31)34-13-18-16-9-5-3-7-14(16)15-8-4-6-10-17(15)18/h3-10,18-20H,11-13H2,1-2H3,(H,25,31)(H,26,28)(H,29,30)/t19-,20?/m0/s1. The van der Waals surface area contributed by atoms with Crippen LogP contribution >= 0.6 is 0 Å². The molecule has 0 spiro atoms. The number of carbonyl (C=O) groups is 4. The molecule has 10 nitrogen and oxygen atoms in total. The first-order chi connectivity index (χ1) is 16.3. The van der Waals surface area contributed by atoms with Crippen molar-refractivity contribution < 1.29 is 38.5 Å². The Morgan fingerprint density at radius 2 is 1.56 bits per heavy atom. The number of carboxylic acid groups (broad SMARTS) is 1. The van der Waals surface area contributed by atoms with E-state index in [2.05, 4.69) is 15.4 Å². The van der Waals surface area contributed by atoms with Crippen molar-refractivity contribution in [3.05, 3.63) is 59.7 Å². The molecular weight excluding hydrogens is 444 g/mol. The number of rotatable bonds is 10. The molecule has 0 fully saturated rings. The van der Waals surface area contributed by atoms with Gasteiger partial charge in [-0.25, -0.2) is 9.59 Å². The molecular formula is C24H26N2O8. The number of nitrogens with one attached hydrogen (secondary N) is 2. The van der Waals surface area contributed by atoms with Crippen molar-refractivity contribution in [1.29, 1.82) is 0 Å². The van der Waals surface area contributed by atoms with Gasteiger partial charge in [-0.2, -0.15) is 0 Å². The Morgan fingerprint density at radius 3 is 2.09 bits per heavy atom. The Morgan fingerprint density at radius 1 is 0.971 bits per heavy atom. The fourth-order valence-electron chi connectivity index (χ4n) is 3.82. The summed E-state index contributed by atoms with van der Waals surface area (Å²) in [6.45, 7) is -0.159. The Bertz CT molecular complexity index is 1020. The quantitative estimate of drug-likeness (QED) is 0.446. The summed E-state index contributed by atoms with van der Waals surface area (Å²) in [7, 11) is 2.35. The van der Waals surface area contributed by atoms with E-state index in [-0.39, 0.29) is 19.1 Å². The smallest absolute Gasteiger partial charge is 0.407 e.